The van der Waals surface area contributed by atoms with Gasteiger partial charge in [0, 0.05) is 62.7 Å². The van der Waals surface area contributed by atoms with Crippen LogP contribution in [0.2, 0.25) is 0 Å². The average Bonchev–Trinajstić information content (AvgIpc) is 3.55. The molecular weight excluding hydrogens is 512 g/mol. The van der Waals surface area contributed by atoms with E-state index < -0.39 is 9.52 Å². The number of fused-ring (bicyclic) bond motifs is 6. The smallest absolute Gasteiger partial charge is 0.219 e. The van der Waals surface area contributed by atoms with Gasteiger partial charge in [-0.05, 0) is 59.2 Å². The topological polar surface area (TPSA) is 97.1 Å². The number of rotatable bonds is 3. The van der Waals surface area contributed by atoms with Crippen LogP contribution in [0.1, 0.15) is 29.6 Å². The third kappa shape index (κ3) is 5.26. The molecule has 0 spiro atoms. The molecule has 1 aromatic carbocycles. The van der Waals surface area contributed by atoms with Gasteiger partial charge in [0.05, 0.1) is 40.9 Å². The fourth-order valence-electron chi connectivity index (χ4n) is 5.51. The summed E-state index contributed by atoms with van der Waals surface area (Å²) in [6.07, 6.45) is 7.82. The zero-order chi connectivity index (χ0) is 27.3. The first-order valence-corrected chi connectivity index (χ1v) is 15.6. The van der Waals surface area contributed by atoms with E-state index in [0.717, 1.165) is 77.6 Å². The van der Waals surface area contributed by atoms with Crippen molar-refractivity contribution in [1.29, 1.82) is 0 Å². The molecule has 2 atom stereocenters. The molecular formula is C28H36N8O2S. The Balaban J connectivity index is 1.43. The molecule has 11 heteroatoms. The quantitative estimate of drug-likeness (QED) is 0.393. The van der Waals surface area contributed by atoms with Crippen molar-refractivity contribution in [2.75, 3.05) is 38.7 Å². The molecule has 5 heterocycles. The minimum Gasteiger partial charge on any atom is -0.473 e. The Kier molecular flexibility index (Phi) is 6.60. The van der Waals surface area contributed by atoms with Crippen LogP contribution in [0.15, 0.2) is 24.4 Å². The van der Waals surface area contributed by atoms with E-state index in [1.807, 2.05) is 19.3 Å². The SMILES string of the molecule is C=S(C)(=O)CCN1CCn2nc3c(c2C1)/C=C\c1[nH]nc2ccc(cc12)-c1cnn(C)c1O[C@@H](C)CN(C)C3. The molecule has 0 radical (unpaired) electrons. The van der Waals surface area contributed by atoms with Crippen LogP contribution in [0.3, 0.4) is 0 Å². The maximum absolute atomic E-state index is 12.2. The highest BCUT2D eigenvalue weighted by molar-refractivity contribution is 7.99. The Hall–Kier alpha value is -3.41. The van der Waals surface area contributed by atoms with E-state index in [9.17, 15) is 4.21 Å². The van der Waals surface area contributed by atoms with E-state index in [0.29, 0.717) is 12.3 Å². The maximum atomic E-state index is 12.2. The lowest BCUT2D eigenvalue weighted by molar-refractivity contribution is 0.148. The van der Waals surface area contributed by atoms with Crippen molar-refractivity contribution in [2.24, 2.45) is 7.05 Å². The van der Waals surface area contributed by atoms with Gasteiger partial charge in [-0.1, -0.05) is 6.07 Å². The Morgan fingerprint density at radius 1 is 1.21 bits per heavy atom. The number of nitrogens with zero attached hydrogens (tertiary/aromatic N) is 7. The van der Waals surface area contributed by atoms with Gasteiger partial charge in [0.1, 0.15) is 6.10 Å². The molecule has 0 saturated heterocycles. The zero-order valence-corrected chi connectivity index (χ0v) is 23.9. The van der Waals surface area contributed by atoms with E-state index in [2.05, 4.69) is 73.9 Å². The first-order valence-electron chi connectivity index (χ1n) is 13.3. The second-order valence-corrected chi connectivity index (χ2v) is 13.8. The molecule has 2 aliphatic rings. The Morgan fingerprint density at radius 2 is 2.05 bits per heavy atom. The standard InChI is InChI=1S/C28H36N8O2S/c1-19-16-33(2)17-26-21(27-18-35(10-11-36(27)32-26)12-13-39(4,5)37)7-9-25-22-14-20(6-8-24(22)30-31-25)23-15-29-34(3)28(23)38-19/h6-9,14-15,19H,4,10-13,16-18H2,1-3,5H3,(H,30,31)/b9-7-/t19-,39?/m0/s1. The molecule has 39 heavy (non-hydrogen) atoms. The van der Waals surface area contributed by atoms with Crippen LogP contribution < -0.4 is 4.74 Å². The molecule has 0 amide bonds. The minimum atomic E-state index is -2.03. The number of nitrogens with one attached hydrogen (secondary N) is 1. The van der Waals surface area contributed by atoms with Crippen molar-refractivity contribution in [3.05, 3.63) is 47.0 Å². The molecule has 2 aliphatic heterocycles. The van der Waals surface area contributed by atoms with Crippen LogP contribution >= 0.6 is 0 Å². The van der Waals surface area contributed by atoms with Gasteiger partial charge in [-0.2, -0.15) is 15.3 Å². The molecule has 6 rings (SSSR count). The predicted octanol–water partition coefficient (Wildman–Crippen LogP) is 2.70. The Morgan fingerprint density at radius 3 is 2.87 bits per heavy atom. The van der Waals surface area contributed by atoms with Gasteiger partial charge in [0.15, 0.2) is 0 Å². The van der Waals surface area contributed by atoms with E-state index in [1.165, 1.54) is 5.69 Å². The Labute approximate surface area is 229 Å². The molecule has 206 valence electrons. The van der Waals surface area contributed by atoms with Crippen LogP contribution in [-0.2, 0) is 36.2 Å². The number of aromatic nitrogens is 6. The monoisotopic (exact) mass is 548 g/mol. The lowest BCUT2D eigenvalue weighted by atomic mass is 10.0. The summed E-state index contributed by atoms with van der Waals surface area (Å²) in [5.74, 6) is 5.18. The summed E-state index contributed by atoms with van der Waals surface area (Å²) in [5.41, 5.74) is 7.20. The molecule has 0 aliphatic carbocycles. The number of aromatic amines is 1. The minimum absolute atomic E-state index is 0.0548. The van der Waals surface area contributed by atoms with Crippen molar-refractivity contribution >= 4 is 38.4 Å². The molecule has 3 aromatic heterocycles. The third-order valence-corrected chi connectivity index (χ3v) is 8.56. The van der Waals surface area contributed by atoms with E-state index >= 15 is 0 Å². The fourth-order valence-corrected chi connectivity index (χ4v) is 6.15. The highest BCUT2D eigenvalue weighted by Gasteiger charge is 2.25. The average molecular weight is 549 g/mol. The van der Waals surface area contributed by atoms with E-state index in [4.69, 9.17) is 9.84 Å². The predicted molar refractivity (Wildman–Crippen MR) is 157 cm³/mol. The van der Waals surface area contributed by atoms with Crippen LogP contribution in [0.25, 0.3) is 34.2 Å². The number of H-pyrrole nitrogens is 1. The highest BCUT2D eigenvalue weighted by Crippen LogP contribution is 2.33. The largest absolute Gasteiger partial charge is 0.473 e. The second-order valence-electron chi connectivity index (χ2n) is 11.0. The number of likely N-dealkylation sites (N-methyl/N-ethyl adjacent to an activating group) is 1. The van der Waals surface area contributed by atoms with Gasteiger partial charge < -0.3 is 4.74 Å². The van der Waals surface area contributed by atoms with Crippen molar-refractivity contribution in [3.63, 3.8) is 0 Å². The molecule has 0 saturated carbocycles. The summed E-state index contributed by atoms with van der Waals surface area (Å²) >= 11 is 0. The second kappa shape index (κ2) is 9.96. The molecule has 0 fully saturated rings. The van der Waals surface area contributed by atoms with Gasteiger partial charge in [-0.15, -0.1) is 0 Å². The molecule has 10 nitrogen and oxygen atoms in total. The zero-order valence-electron chi connectivity index (χ0n) is 23.1. The summed E-state index contributed by atoms with van der Waals surface area (Å²) in [6, 6.07) is 6.25. The van der Waals surface area contributed by atoms with Crippen LogP contribution in [0.5, 0.6) is 5.88 Å². The summed E-state index contributed by atoms with van der Waals surface area (Å²) in [4.78, 5) is 4.62. The number of hydrogen-bond donors (Lipinski definition) is 1. The third-order valence-electron chi connectivity index (χ3n) is 7.51. The van der Waals surface area contributed by atoms with Gasteiger partial charge >= 0.3 is 0 Å². The molecule has 1 N–H and O–H groups in total. The number of benzene rings is 1. The summed E-state index contributed by atoms with van der Waals surface area (Å²) in [7, 11) is 1.99. The van der Waals surface area contributed by atoms with Gasteiger partial charge in [-0.25, -0.2) is 4.68 Å². The van der Waals surface area contributed by atoms with Crippen molar-refractivity contribution in [2.45, 2.75) is 32.7 Å². The molecule has 4 aromatic rings. The molecule has 2 bridgehead atoms. The first-order chi connectivity index (χ1) is 18.6. The van der Waals surface area contributed by atoms with Gasteiger partial charge in [-0.3, -0.25) is 23.8 Å². The fraction of sp³-hybridized carbons (Fsp3) is 0.429. The first kappa shape index (κ1) is 25.8. The van der Waals surface area contributed by atoms with E-state index in [1.54, 1.807) is 10.9 Å². The summed E-state index contributed by atoms with van der Waals surface area (Å²) in [5, 5.41) is 18.3. The van der Waals surface area contributed by atoms with Crippen molar-refractivity contribution in [3.8, 4) is 17.0 Å². The Bertz CT molecular complexity index is 1660. The molecule has 1 unspecified atom stereocenters. The lowest BCUT2D eigenvalue weighted by Crippen LogP contribution is -2.37. The summed E-state index contributed by atoms with van der Waals surface area (Å²) < 4.78 is 22.6. The van der Waals surface area contributed by atoms with Crippen molar-refractivity contribution in [1.82, 2.24) is 39.6 Å². The lowest BCUT2D eigenvalue weighted by Gasteiger charge is -2.28. The number of aryl methyl sites for hydroxylation is 1. The number of hydrogen-bond acceptors (Lipinski definition) is 7. The summed E-state index contributed by atoms with van der Waals surface area (Å²) in [6.45, 7) is 6.74. The van der Waals surface area contributed by atoms with Gasteiger partial charge in [0.2, 0.25) is 5.88 Å². The maximum Gasteiger partial charge on any atom is 0.219 e. The highest BCUT2D eigenvalue weighted by atomic mass is 32.2. The van der Waals surface area contributed by atoms with Crippen LogP contribution in [0.4, 0.5) is 0 Å². The normalized spacial score (nSPS) is 20.9. The van der Waals surface area contributed by atoms with Gasteiger partial charge in [0.25, 0.3) is 0 Å². The van der Waals surface area contributed by atoms with E-state index in [-0.39, 0.29) is 6.10 Å². The number of ether oxygens (including phenoxy) is 1. The van der Waals surface area contributed by atoms with Crippen LogP contribution in [0, 0.1) is 0 Å². The van der Waals surface area contributed by atoms with Crippen molar-refractivity contribution < 1.29 is 8.95 Å². The van der Waals surface area contributed by atoms with Crippen LogP contribution in [-0.4, -0.2) is 94.4 Å².